The van der Waals surface area contributed by atoms with Crippen LogP contribution in [0.2, 0.25) is 0 Å². The fraction of sp³-hybridized carbons (Fsp3) is 0.706. The van der Waals surface area contributed by atoms with Crippen LogP contribution in [0.1, 0.15) is 30.6 Å². The van der Waals surface area contributed by atoms with Gasteiger partial charge in [-0.2, -0.15) is 11.8 Å². The molecule has 1 spiro atoms. The average molecular weight is 337 g/mol. The van der Waals surface area contributed by atoms with Crippen LogP contribution in [-0.2, 0) is 11.3 Å². The number of nitrogens with zero attached hydrogens (tertiary/aromatic N) is 1. The summed E-state index contributed by atoms with van der Waals surface area (Å²) in [6, 6.07) is 4.94. The molecular weight excluding hydrogens is 312 g/mol. The summed E-state index contributed by atoms with van der Waals surface area (Å²) >= 11 is 3.81. The summed E-state index contributed by atoms with van der Waals surface area (Å²) in [5.41, 5.74) is 0.349. The molecule has 1 aromatic heterocycles. The van der Waals surface area contributed by atoms with Gasteiger partial charge in [0.1, 0.15) is 0 Å². The Bertz CT molecular complexity index is 517. The van der Waals surface area contributed by atoms with Gasteiger partial charge in [-0.05, 0) is 61.4 Å². The van der Waals surface area contributed by atoms with Crippen LogP contribution in [0.4, 0.5) is 0 Å². The standard InChI is InChI=1S/C17H24N2OS2/c20-16(18-11-14-2-1-8-22-14)15-10-17(15)4-6-19(7-5-17)13-3-9-21-12-13/h1-2,8,13,15H,3-7,9-12H2,(H,18,20). The number of amides is 1. The number of thioether (sulfide) groups is 1. The van der Waals surface area contributed by atoms with Gasteiger partial charge in [-0.3, -0.25) is 9.69 Å². The van der Waals surface area contributed by atoms with Crippen LogP contribution in [0.25, 0.3) is 0 Å². The summed E-state index contributed by atoms with van der Waals surface area (Å²) in [7, 11) is 0. The maximum atomic E-state index is 12.4. The zero-order valence-electron chi connectivity index (χ0n) is 12.9. The molecule has 120 valence electrons. The molecule has 3 heterocycles. The third-order valence-corrected chi connectivity index (χ3v) is 7.76. The van der Waals surface area contributed by atoms with Gasteiger partial charge in [0.25, 0.3) is 0 Å². The predicted molar refractivity (Wildman–Crippen MR) is 93.2 cm³/mol. The maximum Gasteiger partial charge on any atom is 0.223 e. The van der Waals surface area contributed by atoms with Crippen molar-refractivity contribution in [3.63, 3.8) is 0 Å². The topological polar surface area (TPSA) is 32.3 Å². The fourth-order valence-corrected chi connectivity index (χ4v) is 6.03. The maximum absolute atomic E-state index is 12.4. The highest BCUT2D eigenvalue weighted by molar-refractivity contribution is 7.99. The Labute approximate surface area is 140 Å². The van der Waals surface area contributed by atoms with Crippen molar-refractivity contribution in [2.75, 3.05) is 24.6 Å². The van der Waals surface area contributed by atoms with E-state index >= 15 is 0 Å². The monoisotopic (exact) mass is 336 g/mol. The molecule has 3 fully saturated rings. The highest BCUT2D eigenvalue weighted by Gasteiger charge is 2.58. The van der Waals surface area contributed by atoms with Crippen molar-refractivity contribution in [1.29, 1.82) is 0 Å². The van der Waals surface area contributed by atoms with Crippen molar-refractivity contribution in [3.8, 4) is 0 Å². The quantitative estimate of drug-likeness (QED) is 0.917. The lowest BCUT2D eigenvalue weighted by molar-refractivity contribution is -0.123. The minimum atomic E-state index is 0.285. The molecule has 0 aromatic carbocycles. The summed E-state index contributed by atoms with van der Waals surface area (Å²) in [4.78, 5) is 16.3. The second kappa shape index (κ2) is 6.17. The Balaban J connectivity index is 1.26. The number of nitrogens with one attached hydrogen (secondary N) is 1. The number of hydrogen-bond acceptors (Lipinski definition) is 4. The van der Waals surface area contributed by atoms with Crippen LogP contribution in [0.15, 0.2) is 17.5 Å². The number of likely N-dealkylation sites (tertiary alicyclic amines) is 1. The molecule has 22 heavy (non-hydrogen) atoms. The van der Waals surface area contributed by atoms with E-state index in [2.05, 4.69) is 33.4 Å². The molecule has 2 saturated heterocycles. The zero-order valence-corrected chi connectivity index (χ0v) is 14.6. The van der Waals surface area contributed by atoms with E-state index in [1.165, 1.54) is 48.7 Å². The van der Waals surface area contributed by atoms with Crippen LogP contribution in [0.3, 0.4) is 0 Å². The largest absolute Gasteiger partial charge is 0.351 e. The van der Waals surface area contributed by atoms with Crippen LogP contribution in [-0.4, -0.2) is 41.4 Å². The van der Waals surface area contributed by atoms with Gasteiger partial charge < -0.3 is 5.32 Å². The van der Waals surface area contributed by atoms with Crippen molar-refractivity contribution in [1.82, 2.24) is 10.2 Å². The minimum absolute atomic E-state index is 0.285. The molecule has 2 unspecified atom stereocenters. The van der Waals surface area contributed by atoms with Crippen LogP contribution >= 0.6 is 23.1 Å². The third-order valence-electron chi connectivity index (χ3n) is 5.74. The second-order valence-electron chi connectivity index (χ2n) is 6.97. The summed E-state index contributed by atoms with van der Waals surface area (Å²) in [5.74, 6) is 3.23. The highest BCUT2D eigenvalue weighted by atomic mass is 32.2. The van der Waals surface area contributed by atoms with Crippen molar-refractivity contribution in [3.05, 3.63) is 22.4 Å². The van der Waals surface area contributed by atoms with Crippen LogP contribution < -0.4 is 5.32 Å². The van der Waals surface area contributed by atoms with Crippen molar-refractivity contribution in [2.24, 2.45) is 11.3 Å². The van der Waals surface area contributed by atoms with Crippen molar-refractivity contribution in [2.45, 2.75) is 38.3 Å². The summed E-state index contributed by atoms with van der Waals surface area (Å²) in [6.45, 7) is 3.12. The summed E-state index contributed by atoms with van der Waals surface area (Å²) in [5, 5.41) is 5.21. The van der Waals surface area contributed by atoms with E-state index in [0.717, 1.165) is 12.5 Å². The highest BCUT2D eigenvalue weighted by Crippen LogP contribution is 2.59. The predicted octanol–water partition coefficient (Wildman–Crippen LogP) is 2.97. The molecule has 2 aliphatic heterocycles. The Morgan fingerprint density at radius 1 is 1.41 bits per heavy atom. The molecule has 3 aliphatic rings. The van der Waals surface area contributed by atoms with Crippen LogP contribution in [0, 0.1) is 11.3 Å². The number of piperidine rings is 1. The molecule has 1 saturated carbocycles. The van der Waals surface area contributed by atoms with Crippen LogP contribution in [0.5, 0.6) is 0 Å². The molecule has 4 rings (SSSR count). The molecule has 1 amide bonds. The lowest BCUT2D eigenvalue weighted by Crippen LogP contribution is -2.43. The lowest BCUT2D eigenvalue weighted by Gasteiger charge is -2.36. The SMILES string of the molecule is O=C(NCc1cccs1)C1CC12CCN(C1CCSC1)CC2. The molecule has 0 radical (unpaired) electrons. The zero-order chi connectivity index (χ0) is 15.0. The van der Waals surface area contributed by atoms with Gasteiger partial charge in [0.15, 0.2) is 0 Å². The molecular formula is C17H24N2OS2. The molecule has 5 heteroatoms. The molecule has 0 bridgehead atoms. The van der Waals surface area contributed by atoms with Gasteiger partial charge in [0, 0.05) is 22.6 Å². The van der Waals surface area contributed by atoms with E-state index in [9.17, 15) is 4.79 Å². The van der Waals surface area contributed by atoms with Gasteiger partial charge in [0.2, 0.25) is 5.91 Å². The number of thiophene rings is 1. The second-order valence-corrected chi connectivity index (χ2v) is 9.15. The van der Waals surface area contributed by atoms with Gasteiger partial charge in [-0.1, -0.05) is 6.07 Å². The number of carbonyl (C=O) groups excluding carboxylic acids is 1. The van der Waals surface area contributed by atoms with Gasteiger partial charge in [-0.15, -0.1) is 11.3 Å². The van der Waals surface area contributed by atoms with Gasteiger partial charge in [-0.25, -0.2) is 0 Å². The first kappa shape index (κ1) is 15.0. The number of carbonyl (C=O) groups is 1. The first-order valence-electron chi connectivity index (χ1n) is 8.39. The summed E-state index contributed by atoms with van der Waals surface area (Å²) in [6.07, 6.45) is 4.94. The molecule has 3 nitrogen and oxygen atoms in total. The Hall–Kier alpha value is -0.520. The molecule has 2 atom stereocenters. The Morgan fingerprint density at radius 2 is 2.27 bits per heavy atom. The minimum Gasteiger partial charge on any atom is -0.351 e. The summed E-state index contributed by atoms with van der Waals surface area (Å²) < 4.78 is 0. The van der Waals surface area contributed by atoms with Crippen molar-refractivity contribution >= 4 is 29.0 Å². The van der Waals surface area contributed by atoms with E-state index in [1.54, 1.807) is 11.3 Å². The first-order chi connectivity index (χ1) is 10.8. The average Bonchev–Trinajstić information content (AvgIpc) is 2.99. The fourth-order valence-electron chi connectivity index (χ4n) is 4.13. The number of hydrogen-bond donors (Lipinski definition) is 1. The smallest absolute Gasteiger partial charge is 0.223 e. The lowest BCUT2D eigenvalue weighted by atomic mass is 9.89. The van der Waals surface area contributed by atoms with Crippen molar-refractivity contribution < 1.29 is 4.79 Å². The third kappa shape index (κ3) is 2.95. The molecule has 1 N–H and O–H groups in total. The molecule has 1 aliphatic carbocycles. The number of rotatable bonds is 4. The Morgan fingerprint density at radius 3 is 2.95 bits per heavy atom. The van der Waals surface area contributed by atoms with E-state index < -0.39 is 0 Å². The first-order valence-corrected chi connectivity index (χ1v) is 10.4. The van der Waals surface area contributed by atoms with E-state index in [0.29, 0.717) is 17.9 Å². The van der Waals surface area contributed by atoms with E-state index in [1.807, 2.05) is 6.07 Å². The normalized spacial score (nSPS) is 30.5. The van der Waals surface area contributed by atoms with Gasteiger partial charge >= 0.3 is 0 Å². The van der Waals surface area contributed by atoms with Gasteiger partial charge in [0.05, 0.1) is 6.54 Å². The van der Waals surface area contributed by atoms with E-state index in [4.69, 9.17) is 0 Å². The Kier molecular flexibility index (Phi) is 4.22. The van der Waals surface area contributed by atoms with E-state index in [-0.39, 0.29) is 5.92 Å². The molecule has 1 aromatic rings.